The molecule has 0 spiro atoms. The second-order valence-electron chi connectivity index (χ2n) is 4.73. The SMILES string of the molecule is COc1cc(C)c(C)cc1-c1ccnc(C(C)N)n1. The van der Waals surface area contributed by atoms with Gasteiger partial charge in [-0.15, -0.1) is 0 Å². The second-order valence-corrected chi connectivity index (χ2v) is 4.73. The molecule has 0 aliphatic rings. The van der Waals surface area contributed by atoms with Crippen molar-refractivity contribution in [2.45, 2.75) is 26.8 Å². The molecule has 0 aliphatic heterocycles. The van der Waals surface area contributed by atoms with E-state index in [-0.39, 0.29) is 6.04 Å². The molecule has 0 amide bonds. The minimum atomic E-state index is -0.183. The Morgan fingerprint density at radius 3 is 2.53 bits per heavy atom. The highest BCUT2D eigenvalue weighted by Crippen LogP contribution is 2.31. The van der Waals surface area contributed by atoms with Gasteiger partial charge >= 0.3 is 0 Å². The quantitative estimate of drug-likeness (QED) is 0.918. The molecule has 1 unspecified atom stereocenters. The summed E-state index contributed by atoms with van der Waals surface area (Å²) in [6.45, 7) is 6.01. The summed E-state index contributed by atoms with van der Waals surface area (Å²) < 4.78 is 5.44. The first kappa shape index (κ1) is 13.5. The summed E-state index contributed by atoms with van der Waals surface area (Å²) in [5, 5.41) is 0. The van der Waals surface area contributed by atoms with E-state index in [0.717, 1.165) is 17.0 Å². The molecule has 0 saturated heterocycles. The molecule has 2 rings (SSSR count). The maximum absolute atomic E-state index is 5.83. The number of methoxy groups -OCH3 is 1. The first-order valence-electron chi connectivity index (χ1n) is 6.27. The van der Waals surface area contributed by atoms with E-state index in [1.54, 1.807) is 13.3 Å². The Labute approximate surface area is 113 Å². The zero-order chi connectivity index (χ0) is 14.0. The van der Waals surface area contributed by atoms with Gasteiger partial charge in [0.25, 0.3) is 0 Å². The van der Waals surface area contributed by atoms with Crippen LogP contribution in [0.2, 0.25) is 0 Å². The molecule has 0 bridgehead atoms. The number of ether oxygens (including phenoxy) is 1. The number of rotatable bonds is 3. The van der Waals surface area contributed by atoms with Crippen molar-refractivity contribution in [3.8, 4) is 17.0 Å². The van der Waals surface area contributed by atoms with Crippen LogP contribution >= 0.6 is 0 Å². The van der Waals surface area contributed by atoms with Gasteiger partial charge in [-0.25, -0.2) is 9.97 Å². The zero-order valence-electron chi connectivity index (χ0n) is 11.8. The number of hydrogen-bond donors (Lipinski definition) is 1. The van der Waals surface area contributed by atoms with Crippen LogP contribution in [0.15, 0.2) is 24.4 Å². The van der Waals surface area contributed by atoms with Gasteiger partial charge < -0.3 is 10.5 Å². The van der Waals surface area contributed by atoms with Gasteiger partial charge in [0.05, 0.1) is 18.8 Å². The predicted molar refractivity (Wildman–Crippen MR) is 76.1 cm³/mol. The van der Waals surface area contributed by atoms with E-state index in [2.05, 4.69) is 29.9 Å². The highest BCUT2D eigenvalue weighted by Gasteiger charge is 2.11. The van der Waals surface area contributed by atoms with Crippen molar-refractivity contribution in [1.29, 1.82) is 0 Å². The summed E-state index contributed by atoms with van der Waals surface area (Å²) in [6, 6.07) is 5.80. The summed E-state index contributed by atoms with van der Waals surface area (Å²) >= 11 is 0. The topological polar surface area (TPSA) is 61.0 Å². The molecule has 1 aromatic heterocycles. The van der Waals surface area contributed by atoms with E-state index in [9.17, 15) is 0 Å². The lowest BCUT2D eigenvalue weighted by Crippen LogP contribution is -2.10. The van der Waals surface area contributed by atoms with Gasteiger partial charge in [-0.2, -0.15) is 0 Å². The Morgan fingerprint density at radius 1 is 1.21 bits per heavy atom. The van der Waals surface area contributed by atoms with Gasteiger partial charge in [-0.05, 0) is 50.1 Å². The van der Waals surface area contributed by atoms with Crippen LogP contribution in [-0.4, -0.2) is 17.1 Å². The maximum Gasteiger partial charge on any atom is 0.145 e. The Balaban J connectivity index is 2.57. The van der Waals surface area contributed by atoms with Crippen molar-refractivity contribution >= 4 is 0 Å². The second kappa shape index (κ2) is 5.36. The molecule has 4 heteroatoms. The summed E-state index contributed by atoms with van der Waals surface area (Å²) in [5.74, 6) is 1.45. The first-order valence-corrected chi connectivity index (χ1v) is 6.27. The van der Waals surface area contributed by atoms with Crippen LogP contribution in [0.5, 0.6) is 5.75 Å². The molecule has 0 fully saturated rings. The molecule has 0 radical (unpaired) electrons. The minimum absolute atomic E-state index is 0.183. The highest BCUT2D eigenvalue weighted by molar-refractivity contribution is 5.68. The van der Waals surface area contributed by atoms with E-state index in [4.69, 9.17) is 10.5 Å². The van der Waals surface area contributed by atoms with Gasteiger partial charge in [-0.3, -0.25) is 0 Å². The van der Waals surface area contributed by atoms with Crippen molar-refractivity contribution in [2.75, 3.05) is 7.11 Å². The fraction of sp³-hybridized carbons (Fsp3) is 0.333. The van der Waals surface area contributed by atoms with Crippen LogP contribution < -0.4 is 10.5 Å². The standard InChI is InChI=1S/C15H19N3O/c1-9-7-12(14(19-4)8-10(9)2)13-5-6-17-15(18-13)11(3)16/h5-8,11H,16H2,1-4H3. The molecule has 0 aliphatic carbocycles. The van der Waals surface area contributed by atoms with Crippen molar-refractivity contribution in [3.05, 3.63) is 41.3 Å². The van der Waals surface area contributed by atoms with Crippen LogP contribution in [0.1, 0.15) is 29.9 Å². The van der Waals surface area contributed by atoms with Crippen LogP contribution in [0.3, 0.4) is 0 Å². The third-order valence-corrected chi connectivity index (χ3v) is 3.17. The molecule has 2 aromatic rings. The van der Waals surface area contributed by atoms with E-state index in [1.165, 1.54) is 11.1 Å². The third-order valence-electron chi connectivity index (χ3n) is 3.17. The summed E-state index contributed by atoms with van der Waals surface area (Å²) in [5.41, 5.74) is 10.0. The van der Waals surface area contributed by atoms with Crippen molar-refractivity contribution in [1.82, 2.24) is 9.97 Å². The van der Waals surface area contributed by atoms with Gasteiger partial charge in [0.1, 0.15) is 11.6 Å². The van der Waals surface area contributed by atoms with E-state index in [1.807, 2.05) is 19.1 Å². The molecular weight excluding hydrogens is 238 g/mol. The predicted octanol–water partition coefficient (Wildman–Crippen LogP) is 2.79. The van der Waals surface area contributed by atoms with E-state index < -0.39 is 0 Å². The lowest BCUT2D eigenvalue weighted by atomic mass is 10.0. The fourth-order valence-corrected chi connectivity index (χ4v) is 1.90. The average molecular weight is 257 g/mol. The monoisotopic (exact) mass is 257 g/mol. The maximum atomic E-state index is 5.83. The van der Waals surface area contributed by atoms with Crippen LogP contribution in [0.25, 0.3) is 11.3 Å². The number of nitrogens with zero attached hydrogens (tertiary/aromatic N) is 2. The lowest BCUT2D eigenvalue weighted by Gasteiger charge is -2.12. The number of hydrogen-bond acceptors (Lipinski definition) is 4. The normalized spacial score (nSPS) is 12.3. The molecule has 2 N–H and O–H groups in total. The van der Waals surface area contributed by atoms with Crippen molar-refractivity contribution < 1.29 is 4.74 Å². The molecule has 1 atom stereocenters. The minimum Gasteiger partial charge on any atom is -0.496 e. The number of nitrogens with two attached hydrogens (primary N) is 1. The van der Waals surface area contributed by atoms with Crippen molar-refractivity contribution in [2.24, 2.45) is 5.73 Å². The Morgan fingerprint density at radius 2 is 1.89 bits per heavy atom. The fourth-order valence-electron chi connectivity index (χ4n) is 1.90. The smallest absolute Gasteiger partial charge is 0.145 e. The molecule has 100 valence electrons. The van der Waals surface area contributed by atoms with Crippen LogP contribution in [-0.2, 0) is 0 Å². The summed E-state index contributed by atoms with van der Waals surface area (Å²) in [6.07, 6.45) is 1.73. The largest absolute Gasteiger partial charge is 0.496 e. The third kappa shape index (κ3) is 2.74. The molecule has 19 heavy (non-hydrogen) atoms. The Hall–Kier alpha value is -1.94. The molecule has 4 nitrogen and oxygen atoms in total. The summed E-state index contributed by atoms with van der Waals surface area (Å²) in [4.78, 5) is 8.69. The Kier molecular flexibility index (Phi) is 3.81. The van der Waals surface area contributed by atoms with Gasteiger partial charge in [-0.1, -0.05) is 0 Å². The summed E-state index contributed by atoms with van der Waals surface area (Å²) in [7, 11) is 1.67. The van der Waals surface area contributed by atoms with Crippen LogP contribution in [0.4, 0.5) is 0 Å². The zero-order valence-corrected chi connectivity index (χ0v) is 11.8. The highest BCUT2D eigenvalue weighted by atomic mass is 16.5. The molecule has 1 heterocycles. The molecular formula is C15H19N3O. The number of aryl methyl sites for hydroxylation is 2. The number of benzene rings is 1. The lowest BCUT2D eigenvalue weighted by molar-refractivity contribution is 0.416. The van der Waals surface area contributed by atoms with E-state index in [0.29, 0.717) is 5.82 Å². The van der Waals surface area contributed by atoms with Crippen LogP contribution in [0, 0.1) is 13.8 Å². The number of aromatic nitrogens is 2. The van der Waals surface area contributed by atoms with Gasteiger partial charge in [0.2, 0.25) is 0 Å². The van der Waals surface area contributed by atoms with Gasteiger partial charge in [0.15, 0.2) is 0 Å². The first-order chi connectivity index (χ1) is 9.02. The molecule has 1 aromatic carbocycles. The Bertz CT molecular complexity index is 594. The van der Waals surface area contributed by atoms with Gasteiger partial charge in [0, 0.05) is 11.8 Å². The van der Waals surface area contributed by atoms with E-state index >= 15 is 0 Å². The molecule has 0 saturated carbocycles. The van der Waals surface area contributed by atoms with Crippen molar-refractivity contribution in [3.63, 3.8) is 0 Å². The average Bonchev–Trinajstić information content (AvgIpc) is 2.41.